The molecular formula is C15H22N4O3. The van der Waals surface area contributed by atoms with Gasteiger partial charge in [-0.05, 0) is 18.2 Å². The van der Waals surface area contributed by atoms with Crippen molar-refractivity contribution in [3.05, 3.63) is 18.2 Å². The van der Waals surface area contributed by atoms with Crippen LogP contribution in [0.2, 0.25) is 0 Å². The molecule has 0 bridgehead atoms. The Hall–Kier alpha value is -2.57. The Morgan fingerprint density at radius 3 is 1.36 bits per heavy atom. The Labute approximate surface area is 129 Å². The van der Waals surface area contributed by atoms with Crippen molar-refractivity contribution >= 4 is 34.9 Å². The average molecular weight is 306 g/mol. The van der Waals surface area contributed by atoms with Gasteiger partial charge >= 0.3 is 6.03 Å². The number of primary amides is 1. The first kappa shape index (κ1) is 17.5. The van der Waals surface area contributed by atoms with Gasteiger partial charge in [-0.25, -0.2) is 4.79 Å². The zero-order valence-corrected chi connectivity index (χ0v) is 13.2. The molecule has 120 valence electrons. The monoisotopic (exact) mass is 306 g/mol. The smallest absolute Gasteiger partial charge is 0.316 e. The number of urea groups is 1. The van der Waals surface area contributed by atoms with Gasteiger partial charge in [-0.1, -0.05) is 27.7 Å². The lowest BCUT2D eigenvalue weighted by atomic mass is 10.1. The summed E-state index contributed by atoms with van der Waals surface area (Å²) in [5, 5.41) is 7.86. The predicted octanol–water partition coefficient (Wildman–Crippen LogP) is 2.37. The summed E-state index contributed by atoms with van der Waals surface area (Å²) in [6, 6.07) is 4.02. The van der Waals surface area contributed by atoms with Crippen molar-refractivity contribution in [1.29, 1.82) is 0 Å². The van der Waals surface area contributed by atoms with Crippen molar-refractivity contribution in [2.75, 3.05) is 16.0 Å². The Bertz CT molecular complexity index is 542. The second kappa shape index (κ2) is 7.44. The van der Waals surface area contributed by atoms with Crippen LogP contribution < -0.4 is 21.7 Å². The zero-order valence-electron chi connectivity index (χ0n) is 13.2. The van der Waals surface area contributed by atoms with Gasteiger partial charge in [0.05, 0.1) is 0 Å². The van der Waals surface area contributed by atoms with Crippen LogP contribution in [0.5, 0.6) is 0 Å². The molecule has 0 aliphatic carbocycles. The third-order valence-electron chi connectivity index (χ3n) is 2.78. The number of amides is 4. The third kappa shape index (κ3) is 5.43. The van der Waals surface area contributed by atoms with Crippen LogP contribution in [0.3, 0.4) is 0 Å². The first-order chi connectivity index (χ1) is 10.2. The molecule has 0 heterocycles. The third-order valence-corrected chi connectivity index (χ3v) is 2.78. The van der Waals surface area contributed by atoms with Crippen LogP contribution in [0.1, 0.15) is 27.7 Å². The lowest BCUT2D eigenvalue weighted by Crippen LogP contribution is -2.22. The van der Waals surface area contributed by atoms with E-state index in [9.17, 15) is 14.4 Å². The molecule has 4 amide bonds. The number of hydrogen-bond acceptors (Lipinski definition) is 3. The molecule has 0 aliphatic rings. The summed E-state index contributed by atoms with van der Waals surface area (Å²) in [6.07, 6.45) is 0. The van der Waals surface area contributed by atoms with Crippen LogP contribution in [-0.4, -0.2) is 17.8 Å². The SMILES string of the molecule is CC(C)C(=O)Nc1cc(NC(N)=O)cc(NC(=O)C(C)C)c1. The number of carbonyl (C=O) groups is 3. The first-order valence-electron chi connectivity index (χ1n) is 7.02. The number of nitrogens with one attached hydrogen (secondary N) is 3. The zero-order chi connectivity index (χ0) is 16.9. The maximum Gasteiger partial charge on any atom is 0.316 e. The minimum atomic E-state index is -0.728. The highest BCUT2D eigenvalue weighted by molar-refractivity contribution is 5.98. The molecule has 1 aromatic carbocycles. The normalized spacial score (nSPS) is 10.5. The summed E-state index contributed by atoms with van der Waals surface area (Å²) in [7, 11) is 0. The Kier molecular flexibility index (Phi) is 5.91. The molecule has 0 atom stereocenters. The molecule has 1 rings (SSSR count). The van der Waals surface area contributed by atoms with Gasteiger partial charge in [0.15, 0.2) is 0 Å². The van der Waals surface area contributed by atoms with Gasteiger partial charge in [-0.15, -0.1) is 0 Å². The second-order valence-corrected chi connectivity index (χ2v) is 5.58. The molecule has 0 radical (unpaired) electrons. The highest BCUT2D eigenvalue weighted by atomic mass is 16.2. The lowest BCUT2D eigenvalue weighted by Gasteiger charge is -2.14. The Balaban J connectivity index is 3.07. The molecule has 0 saturated carbocycles. The molecule has 5 N–H and O–H groups in total. The van der Waals surface area contributed by atoms with Crippen LogP contribution in [0.25, 0.3) is 0 Å². The van der Waals surface area contributed by atoms with Crippen molar-refractivity contribution in [3.63, 3.8) is 0 Å². The molecule has 7 heteroatoms. The standard InChI is InChI=1S/C15H22N4O3/c1-8(2)13(20)17-10-5-11(18-14(21)9(3)4)7-12(6-10)19-15(16)22/h5-9H,1-4H3,(H,17,20)(H,18,21)(H3,16,19,22). The summed E-state index contributed by atoms with van der Waals surface area (Å²) in [6.45, 7) is 7.06. The van der Waals surface area contributed by atoms with Gasteiger partial charge in [0, 0.05) is 28.9 Å². The number of rotatable bonds is 5. The maximum atomic E-state index is 11.8. The minimum absolute atomic E-state index is 0.169. The molecule has 1 aromatic rings. The number of hydrogen-bond donors (Lipinski definition) is 4. The molecule has 7 nitrogen and oxygen atoms in total. The van der Waals surface area contributed by atoms with Gasteiger partial charge in [0.2, 0.25) is 11.8 Å². The average Bonchev–Trinajstić information content (AvgIpc) is 2.36. The van der Waals surface area contributed by atoms with E-state index in [0.29, 0.717) is 17.1 Å². The fraction of sp³-hybridized carbons (Fsp3) is 0.400. The van der Waals surface area contributed by atoms with E-state index in [1.54, 1.807) is 45.9 Å². The maximum absolute atomic E-state index is 11.8. The van der Waals surface area contributed by atoms with Gasteiger partial charge in [-0.3, -0.25) is 9.59 Å². The number of carbonyl (C=O) groups excluding carboxylic acids is 3. The van der Waals surface area contributed by atoms with Crippen molar-refractivity contribution in [3.8, 4) is 0 Å². The molecule has 0 aliphatic heterocycles. The van der Waals surface area contributed by atoms with Gasteiger partial charge in [0.1, 0.15) is 0 Å². The summed E-state index contributed by atoms with van der Waals surface area (Å²) in [5.41, 5.74) is 6.41. The van der Waals surface area contributed by atoms with E-state index in [0.717, 1.165) is 0 Å². The van der Waals surface area contributed by atoms with E-state index in [1.165, 1.54) is 0 Å². The van der Waals surface area contributed by atoms with E-state index in [4.69, 9.17) is 5.73 Å². The number of nitrogens with two attached hydrogens (primary N) is 1. The Morgan fingerprint density at radius 2 is 1.09 bits per heavy atom. The van der Waals surface area contributed by atoms with E-state index in [-0.39, 0.29) is 23.7 Å². The highest BCUT2D eigenvalue weighted by Crippen LogP contribution is 2.23. The summed E-state index contributed by atoms with van der Waals surface area (Å²) < 4.78 is 0. The highest BCUT2D eigenvalue weighted by Gasteiger charge is 2.12. The molecular weight excluding hydrogens is 284 g/mol. The van der Waals surface area contributed by atoms with Crippen LogP contribution in [0, 0.1) is 11.8 Å². The molecule has 0 saturated heterocycles. The van der Waals surface area contributed by atoms with Crippen molar-refractivity contribution in [1.82, 2.24) is 0 Å². The fourth-order valence-electron chi connectivity index (χ4n) is 1.56. The van der Waals surface area contributed by atoms with Crippen LogP contribution in [0.15, 0.2) is 18.2 Å². The molecule has 22 heavy (non-hydrogen) atoms. The quantitative estimate of drug-likeness (QED) is 0.669. The van der Waals surface area contributed by atoms with Crippen LogP contribution >= 0.6 is 0 Å². The van der Waals surface area contributed by atoms with Crippen LogP contribution in [-0.2, 0) is 9.59 Å². The summed E-state index contributed by atoms with van der Waals surface area (Å²) in [4.78, 5) is 34.5. The van der Waals surface area contributed by atoms with E-state index < -0.39 is 6.03 Å². The van der Waals surface area contributed by atoms with Crippen molar-refractivity contribution < 1.29 is 14.4 Å². The van der Waals surface area contributed by atoms with Gasteiger partial charge < -0.3 is 21.7 Å². The van der Waals surface area contributed by atoms with Crippen molar-refractivity contribution in [2.45, 2.75) is 27.7 Å². The first-order valence-corrected chi connectivity index (χ1v) is 7.02. The van der Waals surface area contributed by atoms with E-state index in [1.807, 2.05) is 0 Å². The van der Waals surface area contributed by atoms with Crippen molar-refractivity contribution in [2.24, 2.45) is 17.6 Å². The van der Waals surface area contributed by atoms with Gasteiger partial charge in [-0.2, -0.15) is 0 Å². The summed E-state index contributed by atoms with van der Waals surface area (Å²) in [5.74, 6) is -0.724. The second-order valence-electron chi connectivity index (χ2n) is 5.58. The predicted molar refractivity (Wildman–Crippen MR) is 86.6 cm³/mol. The Morgan fingerprint density at radius 1 is 0.773 bits per heavy atom. The molecule has 0 spiro atoms. The molecule has 0 aromatic heterocycles. The number of anilines is 3. The van der Waals surface area contributed by atoms with E-state index in [2.05, 4.69) is 16.0 Å². The van der Waals surface area contributed by atoms with Gasteiger partial charge in [0.25, 0.3) is 0 Å². The topological polar surface area (TPSA) is 113 Å². The molecule has 0 fully saturated rings. The largest absolute Gasteiger partial charge is 0.351 e. The fourth-order valence-corrected chi connectivity index (χ4v) is 1.56. The summed E-state index contributed by atoms with van der Waals surface area (Å²) >= 11 is 0. The molecule has 0 unspecified atom stereocenters. The minimum Gasteiger partial charge on any atom is -0.351 e. The lowest BCUT2D eigenvalue weighted by molar-refractivity contribution is -0.119. The number of benzene rings is 1. The van der Waals surface area contributed by atoms with E-state index >= 15 is 0 Å². The van der Waals surface area contributed by atoms with Crippen LogP contribution in [0.4, 0.5) is 21.9 Å².